The molecule has 0 atom stereocenters. The standard InChI is InChI=1S/C13H18ClN3O2/c1-3-6-16-13(19)10-5-4-9(7-11(10)14)17-12(18)8-15-2/h4-5,7,15H,3,6,8H2,1-2H3,(H,16,19)(H,17,18). The molecule has 0 saturated carbocycles. The third-order valence-electron chi connectivity index (χ3n) is 2.37. The van der Waals surface area contributed by atoms with E-state index in [0.717, 1.165) is 6.42 Å². The molecule has 0 saturated heterocycles. The summed E-state index contributed by atoms with van der Waals surface area (Å²) in [6.07, 6.45) is 0.863. The second kappa shape index (κ2) is 7.76. The van der Waals surface area contributed by atoms with Crippen LogP contribution in [-0.4, -0.2) is 32.0 Å². The van der Waals surface area contributed by atoms with Crippen LogP contribution >= 0.6 is 11.6 Å². The smallest absolute Gasteiger partial charge is 0.252 e. The molecule has 3 N–H and O–H groups in total. The normalized spacial score (nSPS) is 10.1. The maximum atomic E-state index is 11.8. The van der Waals surface area contributed by atoms with Gasteiger partial charge in [0.05, 0.1) is 17.1 Å². The minimum absolute atomic E-state index is 0.165. The third kappa shape index (κ3) is 4.89. The first-order valence-electron chi connectivity index (χ1n) is 6.10. The van der Waals surface area contributed by atoms with Crippen molar-refractivity contribution in [3.8, 4) is 0 Å². The average molecular weight is 284 g/mol. The Morgan fingerprint density at radius 2 is 2.05 bits per heavy atom. The Hall–Kier alpha value is -1.59. The SMILES string of the molecule is CCCNC(=O)c1ccc(NC(=O)CNC)cc1Cl. The van der Waals surface area contributed by atoms with Gasteiger partial charge in [-0.1, -0.05) is 18.5 Å². The molecule has 1 rings (SSSR count). The van der Waals surface area contributed by atoms with E-state index < -0.39 is 0 Å². The van der Waals surface area contributed by atoms with E-state index in [1.807, 2.05) is 6.92 Å². The summed E-state index contributed by atoms with van der Waals surface area (Å²) in [5.74, 6) is -0.373. The van der Waals surface area contributed by atoms with Crippen LogP contribution in [0.1, 0.15) is 23.7 Å². The van der Waals surface area contributed by atoms with Gasteiger partial charge in [0.1, 0.15) is 0 Å². The molecule has 0 aliphatic rings. The molecule has 5 nitrogen and oxygen atoms in total. The summed E-state index contributed by atoms with van der Waals surface area (Å²) in [5, 5.41) is 8.49. The van der Waals surface area contributed by atoms with Crippen molar-refractivity contribution >= 4 is 29.1 Å². The van der Waals surface area contributed by atoms with Crippen molar-refractivity contribution in [2.45, 2.75) is 13.3 Å². The van der Waals surface area contributed by atoms with Crippen LogP contribution in [0.15, 0.2) is 18.2 Å². The Morgan fingerprint density at radius 1 is 1.32 bits per heavy atom. The maximum Gasteiger partial charge on any atom is 0.252 e. The molecule has 0 aromatic heterocycles. The first-order valence-corrected chi connectivity index (χ1v) is 6.48. The summed E-state index contributed by atoms with van der Waals surface area (Å²) in [7, 11) is 1.69. The predicted molar refractivity (Wildman–Crippen MR) is 76.6 cm³/mol. The summed E-state index contributed by atoms with van der Waals surface area (Å²) in [6.45, 7) is 2.80. The molecule has 1 aromatic rings. The molecule has 0 radical (unpaired) electrons. The average Bonchev–Trinajstić information content (AvgIpc) is 2.36. The zero-order valence-corrected chi connectivity index (χ0v) is 11.8. The van der Waals surface area contributed by atoms with Gasteiger partial charge in [-0.25, -0.2) is 0 Å². The lowest BCUT2D eigenvalue weighted by molar-refractivity contribution is -0.115. The van der Waals surface area contributed by atoms with Gasteiger partial charge in [0.2, 0.25) is 5.91 Å². The molecule has 19 heavy (non-hydrogen) atoms. The first-order chi connectivity index (χ1) is 9.08. The molecule has 0 fully saturated rings. The minimum atomic E-state index is -0.208. The van der Waals surface area contributed by atoms with Gasteiger partial charge in [-0.3, -0.25) is 9.59 Å². The predicted octanol–water partition coefficient (Wildman–Crippen LogP) is 1.64. The van der Waals surface area contributed by atoms with E-state index >= 15 is 0 Å². The number of benzene rings is 1. The van der Waals surface area contributed by atoms with E-state index in [1.54, 1.807) is 25.2 Å². The molecule has 0 heterocycles. The highest BCUT2D eigenvalue weighted by Gasteiger charge is 2.10. The molecule has 0 aliphatic heterocycles. The molecule has 0 bridgehead atoms. The minimum Gasteiger partial charge on any atom is -0.352 e. The van der Waals surface area contributed by atoms with E-state index in [4.69, 9.17) is 11.6 Å². The molecule has 1 aromatic carbocycles. The van der Waals surface area contributed by atoms with Crippen LogP contribution in [0.5, 0.6) is 0 Å². The van der Waals surface area contributed by atoms with Crippen LogP contribution in [0.3, 0.4) is 0 Å². The van der Waals surface area contributed by atoms with Crippen LogP contribution < -0.4 is 16.0 Å². The summed E-state index contributed by atoms with van der Waals surface area (Å²) < 4.78 is 0. The van der Waals surface area contributed by atoms with E-state index in [2.05, 4.69) is 16.0 Å². The van der Waals surface area contributed by atoms with Crippen molar-refractivity contribution in [3.05, 3.63) is 28.8 Å². The van der Waals surface area contributed by atoms with Gasteiger partial charge in [0, 0.05) is 12.2 Å². The van der Waals surface area contributed by atoms with Crippen molar-refractivity contribution < 1.29 is 9.59 Å². The van der Waals surface area contributed by atoms with E-state index in [9.17, 15) is 9.59 Å². The zero-order valence-electron chi connectivity index (χ0n) is 11.0. The molecule has 6 heteroatoms. The first kappa shape index (κ1) is 15.5. The van der Waals surface area contributed by atoms with Crippen LogP contribution in [0, 0.1) is 0 Å². The molecule has 104 valence electrons. The second-order valence-electron chi connectivity index (χ2n) is 4.03. The molecular weight excluding hydrogens is 266 g/mol. The van der Waals surface area contributed by atoms with Crippen molar-refractivity contribution in [3.63, 3.8) is 0 Å². The zero-order chi connectivity index (χ0) is 14.3. The fourth-order valence-electron chi connectivity index (χ4n) is 1.48. The number of anilines is 1. The lowest BCUT2D eigenvalue weighted by Gasteiger charge is -2.09. The number of hydrogen-bond acceptors (Lipinski definition) is 3. The van der Waals surface area contributed by atoms with E-state index in [-0.39, 0.29) is 18.4 Å². The summed E-state index contributed by atoms with van der Waals surface area (Å²) >= 11 is 6.04. The van der Waals surface area contributed by atoms with Gasteiger partial charge in [-0.05, 0) is 31.7 Å². The molecular formula is C13H18ClN3O2. The molecule has 2 amide bonds. The van der Waals surface area contributed by atoms with E-state index in [0.29, 0.717) is 22.8 Å². The maximum absolute atomic E-state index is 11.8. The monoisotopic (exact) mass is 283 g/mol. The Labute approximate surface area is 117 Å². The van der Waals surface area contributed by atoms with Crippen molar-refractivity contribution in [1.82, 2.24) is 10.6 Å². The Morgan fingerprint density at radius 3 is 2.63 bits per heavy atom. The van der Waals surface area contributed by atoms with Gasteiger partial charge in [0.15, 0.2) is 0 Å². The van der Waals surface area contributed by atoms with Crippen molar-refractivity contribution in [2.24, 2.45) is 0 Å². The topological polar surface area (TPSA) is 70.2 Å². The van der Waals surface area contributed by atoms with Gasteiger partial charge >= 0.3 is 0 Å². The number of halogens is 1. The fraction of sp³-hybridized carbons (Fsp3) is 0.385. The molecule has 0 aliphatic carbocycles. The summed E-state index contributed by atoms with van der Waals surface area (Å²) in [6, 6.07) is 4.82. The number of carbonyl (C=O) groups excluding carboxylic acids is 2. The van der Waals surface area contributed by atoms with Gasteiger partial charge in [-0.15, -0.1) is 0 Å². The summed E-state index contributed by atoms with van der Waals surface area (Å²) in [4.78, 5) is 23.2. The van der Waals surface area contributed by atoms with Crippen LogP contribution in [0.25, 0.3) is 0 Å². The Kier molecular flexibility index (Phi) is 6.32. The second-order valence-corrected chi connectivity index (χ2v) is 4.44. The van der Waals surface area contributed by atoms with Crippen molar-refractivity contribution in [2.75, 3.05) is 25.5 Å². The highest BCUT2D eigenvalue weighted by Crippen LogP contribution is 2.20. The Bertz CT molecular complexity index is 463. The third-order valence-corrected chi connectivity index (χ3v) is 2.68. The van der Waals surface area contributed by atoms with Crippen LogP contribution in [-0.2, 0) is 4.79 Å². The van der Waals surface area contributed by atoms with E-state index in [1.165, 1.54) is 0 Å². The quantitative estimate of drug-likeness (QED) is 0.743. The number of likely N-dealkylation sites (N-methyl/N-ethyl adjacent to an activating group) is 1. The number of nitrogens with one attached hydrogen (secondary N) is 3. The number of amides is 2. The number of hydrogen-bond donors (Lipinski definition) is 3. The highest BCUT2D eigenvalue weighted by molar-refractivity contribution is 6.34. The highest BCUT2D eigenvalue weighted by atomic mass is 35.5. The Balaban J connectivity index is 2.74. The lowest BCUT2D eigenvalue weighted by Crippen LogP contribution is -2.25. The molecule has 0 unspecified atom stereocenters. The number of carbonyl (C=O) groups is 2. The number of rotatable bonds is 6. The van der Waals surface area contributed by atoms with Gasteiger partial charge < -0.3 is 16.0 Å². The lowest BCUT2D eigenvalue weighted by atomic mass is 10.2. The summed E-state index contributed by atoms with van der Waals surface area (Å²) in [5.41, 5.74) is 0.971. The van der Waals surface area contributed by atoms with Gasteiger partial charge in [-0.2, -0.15) is 0 Å². The van der Waals surface area contributed by atoms with Gasteiger partial charge in [0.25, 0.3) is 5.91 Å². The fourth-order valence-corrected chi connectivity index (χ4v) is 1.74. The van der Waals surface area contributed by atoms with Crippen LogP contribution in [0.4, 0.5) is 5.69 Å². The van der Waals surface area contributed by atoms with Crippen molar-refractivity contribution in [1.29, 1.82) is 0 Å². The molecule has 0 spiro atoms. The largest absolute Gasteiger partial charge is 0.352 e. The van der Waals surface area contributed by atoms with Crippen LogP contribution in [0.2, 0.25) is 5.02 Å².